The van der Waals surface area contributed by atoms with Crippen LogP contribution in [0.15, 0.2) is 53.4 Å². The Bertz CT molecular complexity index is 1530. The largest absolute Gasteiger partial charge is 0.338 e. The first-order valence-corrected chi connectivity index (χ1v) is 14.0. The Morgan fingerprint density at radius 1 is 1.05 bits per heavy atom. The van der Waals surface area contributed by atoms with E-state index in [9.17, 15) is 18.5 Å². The molecule has 1 fully saturated rings. The maximum atomic E-state index is 13.5. The van der Waals surface area contributed by atoms with Crippen LogP contribution in [0.4, 0.5) is 11.6 Å². The molecule has 0 aliphatic carbocycles. The van der Waals surface area contributed by atoms with Crippen LogP contribution >= 0.6 is 0 Å². The number of aryl methyl sites for hydroxylation is 1. The van der Waals surface area contributed by atoms with E-state index in [1.807, 2.05) is 29.2 Å². The highest BCUT2D eigenvalue weighted by molar-refractivity contribution is 7.89. The number of nitriles is 1. The van der Waals surface area contributed by atoms with E-state index < -0.39 is 10.0 Å². The van der Waals surface area contributed by atoms with Crippen molar-refractivity contribution in [2.75, 3.05) is 49.1 Å². The Morgan fingerprint density at radius 2 is 1.84 bits per heavy atom. The summed E-state index contributed by atoms with van der Waals surface area (Å²) >= 11 is 0. The molecular weight excluding hydrogens is 502 g/mol. The van der Waals surface area contributed by atoms with E-state index in [0.717, 1.165) is 16.8 Å². The number of carbonyl (C=O) groups excluding carboxylic acids is 1. The first-order valence-electron chi connectivity index (χ1n) is 12.5. The predicted octanol–water partition coefficient (Wildman–Crippen LogP) is 1.87. The maximum Gasteiger partial charge on any atom is 0.258 e. The van der Waals surface area contributed by atoms with Crippen LogP contribution in [-0.2, 0) is 22.9 Å². The van der Waals surface area contributed by atoms with Crippen LogP contribution in [0.1, 0.15) is 32.9 Å². The second-order valence-electron chi connectivity index (χ2n) is 9.43. The fourth-order valence-electron chi connectivity index (χ4n) is 4.96. The highest BCUT2D eigenvalue weighted by atomic mass is 32.2. The van der Waals surface area contributed by atoms with Gasteiger partial charge in [0, 0.05) is 49.7 Å². The number of benzene rings is 2. The van der Waals surface area contributed by atoms with Crippen molar-refractivity contribution in [3.63, 3.8) is 0 Å². The van der Waals surface area contributed by atoms with E-state index in [1.54, 1.807) is 42.2 Å². The van der Waals surface area contributed by atoms with Gasteiger partial charge in [0.2, 0.25) is 16.0 Å². The van der Waals surface area contributed by atoms with Gasteiger partial charge in [0.1, 0.15) is 11.8 Å². The van der Waals surface area contributed by atoms with Crippen LogP contribution in [-0.4, -0.2) is 67.9 Å². The van der Waals surface area contributed by atoms with Crippen molar-refractivity contribution < 1.29 is 13.2 Å². The maximum absolute atomic E-state index is 13.5. The summed E-state index contributed by atoms with van der Waals surface area (Å²) in [6.07, 6.45) is 1.29. The van der Waals surface area contributed by atoms with E-state index in [2.05, 4.69) is 9.97 Å². The average molecular weight is 532 g/mol. The Labute approximate surface area is 222 Å². The number of amides is 1. The van der Waals surface area contributed by atoms with Crippen molar-refractivity contribution in [2.45, 2.75) is 24.7 Å². The molecule has 10 nitrogen and oxygen atoms in total. The molecule has 3 heterocycles. The molecule has 0 radical (unpaired) electrons. The number of nitrogens with zero attached hydrogens (tertiary/aromatic N) is 6. The number of rotatable bonds is 6. The molecule has 0 unspecified atom stereocenters. The zero-order valence-corrected chi connectivity index (χ0v) is 22.0. The summed E-state index contributed by atoms with van der Waals surface area (Å²) in [4.78, 5) is 25.7. The quantitative estimate of drug-likeness (QED) is 0.509. The number of anilines is 2. The van der Waals surface area contributed by atoms with E-state index in [-0.39, 0.29) is 29.6 Å². The van der Waals surface area contributed by atoms with Crippen molar-refractivity contribution in [2.24, 2.45) is 5.73 Å². The Kier molecular flexibility index (Phi) is 7.12. The first-order chi connectivity index (χ1) is 18.3. The molecule has 196 valence electrons. The number of aromatic nitrogens is 2. The Balaban J connectivity index is 1.30. The van der Waals surface area contributed by atoms with Gasteiger partial charge in [-0.15, -0.1) is 0 Å². The second-order valence-corrected chi connectivity index (χ2v) is 11.4. The monoisotopic (exact) mass is 531 g/mol. The van der Waals surface area contributed by atoms with Crippen molar-refractivity contribution in [1.82, 2.24) is 14.3 Å². The average Bonchev–Trinajstić information content (AvgIpc) is 3.36. The molecular formula is C27H29N7O3S. The third kappa shape index (κ3) is 4.98. The predicted molar refractivity (Wildman–Crippen MR) is 143 cm³/mol. The molecule has 2 aliphatic rings. The highest BCUT2D eigenvalue weighted by Gasteiger charge is 2.32. The fourth-order valence-corrected chi connectivity index (χ4v) is 6.43. The third-order valence-corrected chi connectivity index (χ3v) is 8.81. The molecule has 0 spiro atoms. The molecule has 38 heavy (non-hydrogen) atoms. The minimum absolute atomic E-state index is 0.104. The van der Waals surface area contributed by atoms with E-state index in [0.29, 0.717) is 56.2 Å². The second kappa shape index (κ2) is 10.5. The molecule has 2 N–H and O–H groups in total. The summed E-state index contributed by atoms with van der Waals surface area (Å²) in [6.45, 7) is 4.21. The molecule has 2 aliphatic heterocycles. The zero-order valence-electron chi connectivity index (χ0n) is 21.2. The minimum atomic E-state index is -3.71. The molecule has 0 atom stereocenters. The van der Waals surface area contributed by atoms with Gasteiger partial charge in [-0.2, -0.15) is 9.57 Å². The molecule has 1 aromatic heterocycles. The van der Waals surface area contributed by atoms with Gasteiger partial charge in [-0.3, -0.25) is 4.79 Å². The number of carbonyl (C=O) groups is 1. The number of fused-ring (bicyclic) bond motifs is 1. The minimum Gasteiger partial charge on any atom is -0.338 e. The molecule has 11 heteroatoms. The molecule has 3 aromatic rings. The number of nitrogens with two attached hydrogens (primary N) is 1. The summed E-state index contributed by atoms with van der Waals surface area (Å²) in [6, 6.07) is 16.1. The van der Waals surface area contributed by atoms with Gasteiger partial charge in [0.25, 0.3) is 5.91 Å². The number of piperazine rings is 1. The van der Waals surface area contributed by atoms with E-state index in [1.165, 1.54) is 4.31 Å². The molecule has 5 rings (SSSR count). The smallest absolute Gasteiger partial charge is 0.258 e. The van der Waals surface area contributed by atoms with Gasteiger partial charge in [0.15, 0.2) is 0 Å². The van der Waals surface area contributed by atoms with Crippen LogP contribution in [0.5, 0.6) is 0 Å². The number of sulfonamides is 1. The lowest BCUT2D eigenvalue weighted by atomic mass is 10.1. The Morgan fingerprint density at radius 3 is 2.58 bits per heavy atom. The molecule has 1 amide bonds. The number of hydrogen-bond acceptors (Lipinski definition) is 8. The third-order valence-electron chi connectivity index (χ3n) is 6.91. The lowest BCUT2D eigenvalue weighted by molar-refractivity contribution is 0.0989. The standard InChI is InChI=1S/C27H29N7O3S/c1-19-15-23(18-29)31-27(30-19)32-11-13-33(14-12-32)38(36,37)24-5-6-25-21(17-24)8-10-34(25)26(35)22-4-2-3-20(16-22)7-9-28/h2-6,15-17H,7-14,28H2,1H3. The van der Waals surface area contributed by atoms with Gasteiger partial charge < -0.3 is 15.5 Å². The topological polar surface area (TPSA) is 137 Å². The van der Waals surface area contributed by atoms with Crippen molar-refractivity contribution in [3.8, 4) is 6.07 Å². The van der Waals surface area contributed by atoms with Crippen LogP contribution < -0.4 is 15.5 Å². The van der Waals surface area contributed by atoms with Crippen molar-refractivity contribution in [3.05, 3.63) is 76.6 Å². The zero-order chi connectivity index (χ0) is 26.9. The lowest BCUT2D eigenvalue weighted by Crippen LogP contribution is -2.49. The van der Waals surface area contributed by atoms with Crippen LogP contribution in [0, 0.1) is 18.3 Å². The summed E-state index contributed by atoms with van der Waals surface area (Å²) in [7, 11) is -3.71. The summed E-state index contributed by atoms with van der Waals surface area (Å²) in [5.41, 5.74) is 9.83. The van der Waals surface area contributed by atoms with Gasteiger partial charge in [0.05, 0.1) is 4.90 Å². The summed E-state index contributed by atoms with van der Waals surface area (Å²) in [5, 5.41) is 9.19. The molecule has 0 bridgehead atoms. The molecule has 0 saturated carbocycles. The van der Waals surface area contributed by atoms with E-state index in [4.69, 9.17) is 5.73 Å². The summed E-state index contributed by atoms with van der Waals surface area (Å²) < 4.78 is 28.4. The van der Waals surface area contributed by atoms with Crippen LogP contribution in [0.3, 0.4) is 0 Å². The number of hydrogen-bond donors (Lipinski definition) is 1. The van der Waals surface area contributed by atoms with Gasteiger partial charge in [-0.05, 0) is 73.8 Å². The Hall–Kier alpha value is -3.85. The molecule has 2 aromatic carbocycles. The lowest BCUT2D eigenvalue weighted by Gasteiger charge is -2.34. The summed E-state index contributed by atoms with van der Waals surface area (Å²) in [5.74, 6) is 0.335. The van der Waals surface area contributed by atoms with E-state index >= 15 is 0 Å². The van der Waals surface area contributed by atoms with Gasteiger partial charge in [-0.1, -0.05) is 12.1 Å². The van der Waals surface area contributed by atoms with Gasteiger partial charge >= 0.3 is 0 Å². The SMILES string of the molecule is Cc1cc(C#N)nc(N2CCN(S(=O)(=O)c3ccc4c(c3)CCN4C(=O)c3cccc(CCN)c3)CC2)n1. The fraction of sp³-hybridized carbons (Fsp3) is 0.333. The normalized spacial score (nSPS) is 15.8. The molecule has 1 saturated heterocycles. The van der Waals surface area contributed by atoms with Gasteiger partial charge in [-0.25, -0.2) is 18.4 Å². The van der Waals surface area contributed by atoms with Crippen molar-refractivity contribution in [1.29, 1.82) is 5.26 Å². The van der Waals surface area contributed by atoms with Crippen molar-refractivity contribution >= 4 is 27.6 Å². The first kappa shape index (κ1) is 25.8. The highest BCUT2D eigenvalue weighted by Crippen LogP contribution is 2.32. The van der Waals surface area contributed by atoms with Crippen LogP contribution in [0.25, 0.3) is 0 Å². The van der Waals surface area contributed by atoms with Crippen LogP contribution in [0.2, 0.25) is 0 Å².